The van der Waals surface area contributed by atoms with Crippen molar-refractivity contribution in [3.8, 4) is 5.75 Å². The first-order chi connectivity index (χ1) is 66.3. The monoisotopic (exact) mass is 1980 g/mol. The molecule has 3 aliphatic rings. The zero-order valence-corrected chi connectivity index (χ0v) is 82.8. The number of aromatic amines is 1. The fourth-order valence-electron chi connectivity index (χ4n) is 16.6. The minimum atomic E-state index is -1.90. The number of nitrogens with zero attached hydrogens (tertiary/aromatic N) is 3. The van der Waals surface area contributed by atoms with Crippen LogP contribution in [0.1, 0.15) is 192 Å². The molecule has 2 aromatic carbocycles. The molecule has 0 radical (unpaired) electrons. The van der Waals surface area contributed by atoms with E-state index in [2.05, 4.69) is 90.1 Å². The number of amides is 21. The van der Waals surface area contributed by atoms with E-state index in [0.29, 0.717) is 30.4 Å². The lowest BCUT2D eigenvalue weighted by molar-refractivity contribution is -0.150. The van der Waals surface area contributed by atoms with Crippen LogP contribution >= 0.6 is 0 Å². The number of rotatable bonds is 54. The summed E-state index contributed by atoms with van der Waals surface area (Å²) in [5, 5.41) is 72.2. The van der Waals surface area contributed by atoms with E-state index in [-0.39, 0.29) is 119 Å². The number of phenols is 1. The molecule has 47 nitrogen and oxygen atoms in total. The molecule has 1 aromatic heterocycles. The standard InChI is InChI=1S/C94H145N23O24/c1-46(2)33-61(82(129)100-44-76(124)115-30-19-24-71(115)93(140)117-32-20-25-72(117)94(141)116-31-18-23-70(116)91(138)104-54(14)81(128)108-63(35-48(5)6)84(131)103-53(13)80(127)107-62(34-47(3)4)83(130)101-51(11)78(97)125)109-85(132)64(36-49(7)8)110-87(134)66(38-56-26-28-58(120)29-27-56)106-75(123)43-99-79(126)52(12)102-90(137)69(45-118)113-88(135)68(40-73(96)121)111-86(133)65(37-50(9)10)112-92(139)77(55(15)119)114-89(136)67(105-74(122)41-95)39-57-42-98-60-22-17-16-21-59(57)60/h16-17,21-22,26-29,42,46-55,61-72,77,98,118-120H,18-20,23-25,30-41,43-45,95H2,1-15H3,(H2,96,121)(H2,97,125)(H,99,126)(H,100,129)(H,101,130)(H,102,137)(H,103,131)(H,104,138)(H,105,122)(H,106,123)(H,107,127)(H,108,128)(H,109,132)(H,110,134)(H,111,133)(H,112,139)(H,113,135)(H,114,136). The molecule has 3 fully saturated rings. The normalized spacial score (nSPS) is 17.8. The highest BCUT2D eigenvalue weighted by Crippen LogP contribution is 2.30. The maximum absolute atomic E-state index is 14.7. The van der Waals surface area contributed by atoms with Gasteiger partial charge < -0.3 is 137 Å². The van der Waals surface area contributed by atoms with Crippen LogP contribution in [0.15, 0.2) is 54.7 Å². The first-order valence-electron chi connectivity index (χ1n) is 47.9. The summed E-state index contributed by atoms with van der Waals surface area (Å²) in [6.07, 6.45) is 0.728. The lowest BCUT2D eigenvalue weighted by atomic mass is 9.99. The third-order valence-corrected chi connectivity index (χ3v) is 24.0. The Bertz CT molecular complexity index is 4930. The predicted octanol–water partition coefficient (Wildman–Crippen LogP) is -5.35. The predicted molar refractivity (Wildman–Crippen MR) is 512 cm³/mol. The van der Waals surface area contributed by atoms with Crippen LogP contribution in [0.3, 0.4) is 0 Å². The average molecular weight is 1980 g/mol. The number of benzene rings is 2. The molecule has 3 aromatic rings. The van der Waals surface area contributed by atoms with Gasteiger partial charge in [0, 0.05) is 49.6 Å². The number of phenolic OH excluding ortho intramolecular Hbond substituents is 1. The quantitative estimate of drug-likeness (QED) is 0.0251. The molecule has 0 saturated carbocycles. The van der Waals surface area contributed by atoms with Gasteiger partial charge in [0.2, 0.25) is 124 Å². The molecule has 18 atom stereocenters. The Morgan fingerprint density at radius 3 is 1.26 bits per heavy atom. The second kappa shape index (κ2) is 55.5. The molecule has 4 heterocycles. The zero-order chi connectivity index (χ0) is 105. The number of aliphatic hydroxyl groups excluding tert-OH is 2. The van der Waals surface area contributed by atoms with Crippen molar-refractivity contribution in [2.24, 2.45) is 46.8 Å². The Hall–Kier alpha value is -13.5. The minimum absolute atomic E-state index is 0.0185. The molecule has 3 saturated heterocycles. The number of H-pyrrole nitrogens is 1. The molecule has 47 heteroatoms. The molecule has 6 rings (SSSR count). The number of para-hydroxylation sites is 1. The van der Waals surface area contributed by atoms with Crippen molar-refractivity contribution in [3.63, 3.8) is 0 Å². The van der Waals surface area contributed by atoms with Gasteiger partial charge in [-0.15, -0.1) is 0 Å². The fourth-order valence-corrected chi connectivity index (χ4v) is 16.6. The van der Waals surface area contributed by atoms with Gasteiger partial charge in [0.05, 0.1) is 38.8 Å². The van der Waals surface area contributed by atoms with Crippen LogP contribution in [0.5, 0.6) is 5.75 Å². The maximum Gasteiger partial charge on any atom is 0.246 e. The van der Waals surface area contributed by atoms with E-state index in [1.165, 1.54) is 66.7 Å². The summed E-state index contributed by atoms with van der Waals surface area (Å²) >= 11 is 0. The lowest BCUT2D eigenvalue weighted by Gasteiger charge is -2.34. The van der Waals surface area contributed by atoms with Crippen molar-refractivity contribution < 1.29 is 116 Å². The van der Waals surface area contributed by atoms with Crippen molar-refractivity contribution in [3.05, 3.63) is 65.9 Å². The summed E-state index contributed by atoms with van der Waals surface area (Å²) in [5.74, 6) is -19.3. The van der Waals surface area contributed by atoms with Crippen molar-refractivity contribution in [1.82, 2.24) is 105 Å². The van der Waals surface area contributed by atoms with Gasteiger partial charge in [-0.05, 0) is 164 Å². The first kappa shape index (κ1) is 116. The Morgan fingerprint density at radius 2 is 0.773 bits per heavy atom. The Balaban J connectivity index is 1.03. The largest absolute Gasteiger partial charge is 0.508 e. The summed E-state index contributed by atoms with van der Waals surface area (Å²) in [5.41, 5.74) is 18.1. The molecule has 780 valence electrons. The number of aromatic nitrogens is 1. The van der Waals surface area contributed by atoms with E-state index in [0.717, 1.165) is 17.8 Å². The van der Waals surface area contributed by atoms with E-state index in [9.17, 15) is 116 Å². The topological polar surface area (TPSA) is 715 Å². The van der Waals surface area contributed by atoms with Crippen molar-refractivity contribution in [2.45, 2.75) is 303 Å². The maximum atomic E-state index is 14.7. The number of aromatic hydroxyl groups is 1. The number of carbonyl (C=O) groups is 21. The zero-order valence-electron chi connectivity index (χ0n) is 82.8. The van der Waals surface area contributed by atoms with Gasteiger partial charge in [0.25, 0.3) is 0 Å². The molecular formula is C94H145N23O24. The molecule has 3 aliphatic heterocycles. The lowest BCUT2D eigenvalue weighted by Crippen LogP contribution is -2.62. The van der Waals surface area contributed by atoms with Gasteiger partial charge in [-0.3, -0.25) is 101 Å². The Morgan fingerprint density at radius 1 is 0.390 bits per heavy atom. The molecule has 0 spiro atoms. The number of carbonyl (C=O) groups excluding carboxylic acids is 21. The molecule has 18 unspecified atom stereocenters. The summed E-state index contributed by atoms with van der Waals surface area (Å²) in [7, 11) is 0. The summed E-state index contributed by atoms with van der Waals surface area (Å²) in [4.78, 5) is 296. The van der Waals surface area contributed by atoms with Gasteiger partial charge in [-0.25, -0.2) is 0 Å². The van der Waals surface area contributed by atoms with Crippen LogP contribution in [-0.4, -0.2) is 314 Å². The highest BCUT2D eigenvalue weighted by atomic mass is 16.3. The smallest absolute Gasteiger partial charge is 0.246 e. The van der Waals surface area contributed by atoms with E-state index >= 15 is 0 Å². The van der Waals surface area contributed by atoms with E-state index in [4.69, 9.17) is 17.2 Å². The fraction of sp³-hybridized carbons (Fsp3) is 0.628. The second-order valence-corrected chi connectivity index (χ2v) is 38.4. The highest BCUT2D eigenvalue weighted by molar-refractivity contribution is 6.03. The third-order valence-electron chi connectivity index (χ3n) is 24.0. The van der Waals surface area contributed by atoms with E-state index in [1.807, 2.05) is 13.8 Å². The summed E-state index contributed by atoms with van der Waals surface area (Å²) < 4.78 is 0. The van der Waals surface area contributed by atoms with E-state index < -0.39 is 266 Å². The Kier molecular flexibility index (Phi) is 45.8. The number of hydrogen-bond donors (Lipinski definition) is 23. The number of nitrogens with two attached hydrogens (primary N) is 3. The van der Waals surface area contributed by atoms with Crippen LogP contribution in [0, 0.1) is 29.6 Å². The number of nitrogens with one attached hydrogen (secondary N) is 17. The number of aliphatic hydroxyl groups is 2. The Labute approximate surface area is 818 Å². The molecule has 141 heavy (non-hydrogen) atoms. The van der Waals surface area contributed by atoms with Gasteiger partial charge in [0.15, 0.2) is 0 Å². The SMILES string of the molecule is CC(C)CC(NC(=O)C(C)NC(=O)C(CC(C)C)NC(=O)C(C)NC(=O)C1CCCN1C(=O)C1CCCN1C(=O)C1CCCN1C(=O)CNC(=O)C(CC(C)C)NC(=O)C(CC(C)C)NC(=O)C(Cc1ccc(O)cc1)NC(=O)CNC(=O)C(C)NC(=O)C(CO)NC(=O)C(CC(N)=O)NC(=O)C(CC(C)C)NC(=O)C(NC(=O)C(Cc1c[nH]c2ccccc12)NC(=O)CN)C(C)O)C(=O)NC(C)C(N)=O. The molecule has 0 aliphatic carbocycles. The number of fused-ring (bicyclic) bond motifs is 1. The molecule has 26 N–H and O–H groups in total. The number of likely N-dealkylation sites (tertiary alicyclic amines) is 3. The van der Waals surface area contributed by atoms with Gasteiger partial charge in [-0.2, -0.15) is 0 Å². The van der Waals surface area contributed by atoms with Gasteiger partial charge >= 0.3 is 0 Å². The summed E-state index contributed by atoms with van der Waals surface area (Å²) in [6, 6.07) is -10.4. The molecule has 0 bridgehead atoms. The first-order valence-corrected chi connectivity index (χ1v) is 47.9. The van der Waals surface area contributed by atoms with Crippen LogP contribution in [0.4, 0.5) is 0 Å². The van der Waals surface area contributed by atoms with Gasteiger partial charge in [-0.1, -0.05) is 99.6 Å². The average Bonchev–Trinajstić information content (AvgIpc) is 1.65. The second-order valence-electron chi connectivity index (χ2n) is 38.4. The van der Waals surface area contributed by atoms with Crippen molar-refractivity contribution >= 4 is 135 Å². The van der Waals surface area contributed by atoms with Crippen LogP contribution in [0.25, 0.3) is 10.9 Å². The van der Waals surface area contributed by atoms with Crippen LogP contribution in [0.2, 0.25) is 0 Å². The van der Waals surface area contributed by atoms with Crippen LogP contribution < -0.4 is 102 Å². The summed E-state index contributed by atoms with van der Waals surface area (Å²) in [6.45, 7) is 21.4. The van der Waals surface area contributed by atoms with Crippen LogP contribution in [-0.2, 0) is 114 Å². The molecule has 21 amide bonds. The number of hydrogen-bond acceptors (Lipinski definition) is 25. The third kappa shape index (κ3) is 36.3. The van der Waals surface area contributed by atoms with Gasteiger partial charge in [0.1, 0.15) is 108 Å². The molecular weight excluding hydrogens is 1840 g/mol. The minimum Gasteiger partial charge on any atom is -0.508 e. The number of primary amides is 2. The van der Waals surface area contributed by atoms with Crippen molar-refractivity contribution in [2.75, 3.05) is 45.9 Å². The van der Waals surface area contributed by atoms with Crippen molar-refractivity contribution in [1.29, 1.82) is 0 Å². The van der Waals surface area contributed by atoms with E-state index in [1.54, 1.807) is 85.9 Å². The highest BCUT2D eigenvalue weighted by Gasteiger charge is 2.48.